The summed E-state index contributed by atoms with van der Waals surface area (Å²) in [5, 5.41) is 10.1. The van der Waals surface area contributed by atoms with Gasteiger partial charge < -0.3 is 5.11 Å². The lowest BCUT2D eigenvalue weighted by Gasteiger charge is -2.57. The molecule has 0 bridgehead atoms. The maximum absolute atomic E-state index is 14.4. The van der Waals surface area contributed by atoms with Gasteiger partial charge in [-0.05, 0) is 63.3 Å². The smallest absolute Gasteiger partial charge is 0.246 e. The third-order valence-electron chi connectivity index (χ3n) is 6.71. The Morgan fingerprint density at radius 3 is 2.47 bits per heavy atom. The fourth-order valence-electron chi connectivity index (χ4n) is 5.01. The van der Waals surface area contributed by atoms with Gasteiger partial charge >= 0.3 is 0 Å². The highest BCUT2D eigenvalue weighted by Crippen LogP contribution is 2.42. The second-order valence-electron chi connectivity index (χ2n) is 9.24. The Balaban J connectivity index is 1.59. The average molecular weight is 486 g/mol. The summed E-state index contributed by atoms with van der Waals surface area (Å²) in [4.78, 5) is 3.93. The lowest BCUT2D eigenvalue weighted by atomic mass is 9.74. The van der Waals surface area contributed by atoms with Crippen molar-refractivity contribution in [2.75, 3.05) is 46.9 Å². The van der Waals surface area contributed by atoms with Crippen LogP contribution in [0.5, 0.6) is 0 Å². The molecule has 0 unspecified atom stereocenters. The third-order valence-corrected chi connectivity index (χ3v) is 8.61. The minimum absolute atomic E-state index is 0.00558. The van der Waals surface area contributed by atoms with Gasteiger partial charge in [0.25, 0.3) is 0 Å². The molecule has 3 atom stereocenters. The van der Waals surface area contributed by atoms with E-state index < -0.39 is 15.8 Å². The van der Waals surface area contributed by atoms with Crippen LogP contribution in [0.15, 0.2) is 53.4 Å². The number of aliphatic hydroxyl groups is 1. The second kappa shape index (κ2) is 10.5. The lowest BCUT2D eigenvalue weighted by molar-refractivity contribution is -0.0554. The first kappa shape index (κ1) is 24.8. The van der Waals surface area contributed by atoms with Crippen molar-refractivity contribution < 1.29 is 17.9 Å². The van der Waals surface area contributed by atoms with Gasteiger partial charge in [0.1, 0.15) is 10.7 Å². The molecule has 8 heteroatoms. The van der Waals surface area contributed by atoms with Crippen LogP contribution in [0, 0.1) is 17.7 Å². The van der Waals surface area contributed by atoms with Crippen LogP contribution in [0.3, 0.4) is 0 Å². The zero-order chi connectivity index (χ0) is 24.3. The van der Waals surface area contributed by atoms with Crippen LogP contribution >= 0.6 is 0 Å². The molecular formula is C26H32FN3O3S. The number of halogens is 1. The molecule has 2 aromatic rings. The van der Waals surface area contributed by atoms with Gasteiger partial charge in [-0.2, -0.15) is 4.31 Å². The number of hydrogen-bond donors (Lipinski definition) is 1. The molecule has 0 amide bonds. The van der Waals surface area contributed by atoms with E-state index >= 15 is 0 Å². The van der Waals surface area contributed by atoms with E-state index in [1.807, 2.05) is 43.3 Å². The molecule has 2 heterocycles. The van der Waals surface area contributed by atoms with Crippen LogP contribution in [0.1, 0.15) is 29.9 Å². The molecule has 34 heavy (non-hydrogen) atoms. The quantitative estimate of drug-likeness (QED) is 0.659. The Kier molecular flexibility index (Phi) is 7.70. The highest BCUT2D eigenvalue weighted by atomic mass is 32.2. The number of nitrogens with zero attached hydrogens (tertiary/aromatic N) is 3. The number of hydrogen-bond acceptors (Lipinski definition) is 5. The van der Waals surface area contributed by atoms with Gasteiger partial charge in [0.15, 0.2) is 0 Å². The van der Waals surface area contributed by atoms with Crippen LogP contribution in [0.25, 0.3) is 0 Å². The Hall–Kier alpha value is -2.28. The largest absolute Gasteiger partial charge is 0.395 e. The maximum atomic E-state index is 14.4. The molecule has 182 valence electrons. The summed E-state index contributed by atoms with van der Waals surface area (Å²) < 4.78 is 42.5. The first-order chi connectivity index (χ1) is 16.3. The second-order valence-corrected chi connectivity index (χ2v) is 11.1. The molecule has 2 aliphatic heterocycles. The summed E-state index contributed by atoms with van der Waals surface area (Å²) in [5.41, 5.74) is 1.98. The average Bonchev–Trinajstić information content (AvgIpc) is 2.78. The molecule has 2 fully saturated rings. The molecule has 0 aromatic heterocycles. The van der Waals surface area contributed by atoms with E-state index in [1.54, 1.807) is 6.07 Å². The standard InChI is InChI=1S/C26H32FN3O3S/c1-28(2)15-7-8-20-11-13-21(14-12-20)26-23-18-29(16-5-6-17-30(23)24(26)19-31)34(32,33)25-10-4-3-9-22(25)27/h3-4,9-14,23-24,26,31H,5-6,15-19H2,1-2H3/t23-,24+,26-/m0/s1. The van der Waals surface area contributed by atoms with Gasteiger partial charge in [-0.15, -0.1) is 0 Å². The van der Waals surface area contributed by atoms with E-state index in [9.17, 15) is 17.9 Å². The van der Waals surface area contributed by atoms with Crippen LogP contribution < -0.4 is 0 Å². The highest BCUT2D eigenvalue weighted by Gasteiger charge is 2.50. The predicted molar refractivity (Wildman–Crippen MR) is 130 cm³/mol. The molecule has 0 aliphatic carbocycles. The summed E-state index contributed by atoms with van der Waals surface area (Å²) in [6, 6.07) is 13.4. The normalized spacial score (nSPS) is 23.9. The predicted octanol–water partition coefficient (Wildman–Crippen LogP) is 2.35. The number of fused-ring (bicyclic) bond motifs is 1. The molecule has 2 aromatic carbocycles. The summed E-state index contributed by atoms with van der Waals surface area (Å²) in [6.45, 7) is 2.13. The molecule has 0 saturated carbocycles. The zero-order valence-electron chi connectivity index (χ0n) is 19.7. The van der Waals surface area contributed by atoms with E-state index in [0.717, 1.165) is 24.1 Å². The summed E-state index contributed by atoms with van der Waals surface area (Å²) in [6.07, 6.45) is 1.52. The zero-order valence-corrected chi connectivity index (χ0v) is 20.5. The van der Waals surface area contributed by atoms with E-state index in [2.05, 4.69) is 16.7 Å². The van der Waals surface area contributed by atoms with E-state index in [0.29, 0.717) is 19.5 Å². The molecule has 0 radical (unpaired) electrons. The fourth-order valence-corrected chi connectivity index (χ4v) is 6.57. The molecule has 2 saturated heterocycles. The first-order valence-corrected chi connectivity index (χ1v) is 13.1. The SMILES string of the molecule is CN(C)CC#Cc1ccc([C@@H]2[C@@H](CO)N3CCCCN(S(=O)(=O)c4ccccc4F)C[C@@H]23)cc1. The van der Waals surface area contributed by atoms with Crippen LogP contribution in [-0.2, 0) is 10.0 Å². The fraction of sp³-hybridized carbons (Fsp3) is 0.462. The molecular weight excluding hydrogens is 453 g/mol. The highest BCUT2D eigenvalue weighted by molar-refractivity contribution is 7.89. The number of rotatable bonds is 5. The molecule has 2 aliphatic rings. The topological polar surface area (TPSA) is 64.1 Å². The van der Waals surface area contributed by atoms with Gasteiger partial charge in [0.05, 0.1) is 13.2 Å². The van der Waals surface area contributed by atoms with Gasteiger partial charge in [-0.1, -0.05) is 36.1 Å². The van der Waals surface area contributed by atoms with Gasteiger partial charge in [-0.25, -0.2) is 12.8 Å². The lowest BCUT2D eigenvalue weighted by Crippen LogP contribution is -2.67. The van der Waals surface area contributed by atoms with Gasteiger partial charge in [-0.3, -0.25) is 9.80 Å². The van der Waals surface area contributed by atoms with Crippen molar-refractivity contribution in [1.29, 1.82) is 0 Å². The summed E-state index contributed by atoms with van der Waals surface area (Å²) in [7, 11) is -0.0176. The van der Waals surface area contributed by atoms with Crippen molar-refractivity contribution in [3.8, 4) is 11.8 Å². The van der Waals surface area contributed by atoms with Crippen LogP contribution in [0.2, 0.25) is 0 Å². The minimum atomic E-state index is -3.96. The Bertz CT molecular complexity index is 1160. The Morgan fingerprint density at radius 2 is 1.79 bits per heavy atom. The van der Waals surface area contributed by atoms with Crippen LogP contribution in [0.4, 0.5) is 4.39 Å². The van der Waals surface area contributed by atoms with Crippen molar-refractivity contribution in [2.24, 2.45) is 0 Å². The summed E-state index contributed by atoms with van der Waals surface area (Å²) in [5.74, 6) is 5.54. The number of aliphatic hydroxyl groups excluding tert-OH is 1. The maximum Gasteiger partial charge on any atom is 0.246 e. The molecule has 1 N–H and O–H groups in total. The van der Waals surface area contributed by atoms with Crippen molar-refractivity contribution in [2.45, 2.75) is 35.7 Å². The van der Waals surface area contributed by atoms with Crippen LogP contribution in [-0.4, -0.2) is 86.6 Å². The van der Waals surface area contributed by atoms with Gasteiger partial charge in [0, 0.05) is 36.7 Å². The molecule has 0 spiro atoms. The van der Waals surface area contributed by atoms with E-state index in [-0.39, 0.29) is 36.0 Å². The number of benzene rings is 2. The Labute approximate surface area is 202 Å². The minimum Gasteiger partial charge on any atom is -0.395 e. The van der Waals surface area contributed by atoms with Gasteiger partial charge in [0.2, 0.25) is 10.0 Å². The molecule has 6 nitrogen and oxygen atoms in total. The third kappa shape index (κ3) is 5.04. The first-order valence-electron chi connectivity index (χ1n) is 11.7. The molecule has 4 rings (SSSR count). The monoisotopic (exact) mass is 485 g/mol. The summed E-state index contributed by atoms with van der Waals surface area (Å²) >= 11 is 0. The Morgan fingerprint density at radius 1 is 1.09 bits per heavy atom. The van der Waals surface area contributed by atoms with Crippen molar-refractivity contribution in [1.82, 2.24) is 14.1 Å². The van der Waals surface area contributed by atoms with E-state index in [4.69, 9.17) is 0 Å². The van der Waals surface area contributed by atoms with Crippen molar-refractivity contribution in [3.63, 3.8) is 0 Å². The van der Waals surface area contributed by atoms with E-state index in [1.165, 1.54) is 22.5 Å². The van der Waals surface area contributed by atoms with Crippen molar-refractivity contribution >= 4 is 10.0 Å². The number of sulfonamides is 1. The van der Waals surface area contributed by atoms with Crippen molar-refractivity contribution in [3.05, 3.63) is 65.5 Å².